The minimum Gasteiger partial charge on any atom is -0.341 e. The number of aromatic amines is 1. The zero-order chi connectivity index (χ0) is 26.2. The van der Waals surface area contributed by atoms with Crippen molar-refractivity contribution in [2.75, 3.05) is 10.6 Å². The van der Waals surface area contributed by atoms with Gasteiger partial charge in [-0.25, -0.2) is 28.7 Å². The van der Waals surface area contributed by atoms with Crippen LogP contribution in [0.15, 0.2) is 67.4 Å². The average Bonchev–Trinajstić information content (AvgIpc) is 3.35. The molecule has 5 aromatic rings. The zero-order valence-electron chi connectivity index (χ0n) is 18.4. The summed E-state index contributed by atoms with van der Waals surface area (Å²) >= 11 is 0. The summed E-state index contributed by atoms with van der Waals surface area (Å²) in [6.45, 7) is 0. The van der Waals surface area contributed by atoms with Crippen LogP contribution in [0, 0.1) is 11.6 Å². The first-order valence-corrected chi connectivity index (χ1v) is 10.5. The largest absolute Gasteiger partial charge is 0.416 e. The second-order valence-electron chi connectivity index (χ2n) is 7.69. The summed E-state index contributed by atoms with van der Waals surface area (Å²) in [6.07, 6.45) is -0.467. The summed E-state index contributed by atoms with van der Waals surface area (Å²) in [6, 6.07) is 8.41. The molecule has 2 aromatic carbocycles. The molecule has 0 saturated heterocycles. The lowest BCUT2D eigenvalue weighted by Crippen LogP contribution is -2.17. The minimum atomic E-state index is -4.79. The van der Waals surface area contributed by atoms with Crippen molar-refractivity contribution in [3.63, 3.8) is 0 Å². The first-order chi connectivity index (χ1) is 17.7. The molecule has 13 heteroatoms. The number of H-pyrrole nitrogens is 1. The van der Waals surface area contributed by atoms with Crippen LogP contribution in [-0.2, 0) is 6.18 Å². The van der Waals surface area contributed by atoms with E-state index in [9.17, 15) is 26.7 Å². The summed E-state index contributed by atoms with van der Waals surface area (Å²) in [5.41, 5.74) is -0.157. The van der Waals surface area contributed by atoms with Crippen LogP contribution in [0.4, 0.5) is 39.1 Å². The smallest absolute Gasteiger partial charge is 0.341 e. The Balaban J connectivity index is 1.44. The third-order valence-electron chi connectivity index (χ3n) is 5.30. The van der Waals surface area contributed by atoms with E-state index in [2.05, 4.69) is 35.6 Å². The molecule has 3 heterocycles. The molecule has 3 aromatic heterocycles. The summed E-state index contributed by atoms with van der Waals surface area (Å²) in [5, 5.41) is 5.13. The molecule has 0 aliphatic rings. The van der Waals surface area contributed by atoms with Gasteiger partial charge in [0.15, 0.2) is 5.65 Å². The van der Waals surface area contributed by atoms with Gasteiger partial charge in [-0.3, -0.25) is 4.79 Å². The maximum atomic E-state index is 14.5. The number of benzene rings is 2. The van der Waals surface area contributed by atoms with Gasteiger partial charge >= 0.3 is 6.18 Å². The number of imidazole rings is 1. The van der Waals surface area contributed by atoms with E-state index >= 15 is 0 Å². The Hall–Kier alpha value is -4.94. The van der Waals surface area contributed by atoms with Gasteiger partial charge in [0.1, 0.15) is 35.0 Å². The number of hydrogen-bond acceptors (Lipinski definition) is 6. The van der Waals surface area contributed by atoms with Crippen molar-refractivity contribution < 1.29 is 26.7 Å². The highest BCUT2D eigenvalue weighted by Crippen LogP contribution is 2.32. The number of anilines is 3. The Morgan fingerprint density at radius 1 is 0.919 bits per heavy atom. The fourth-order valence-corrected chi connectivity index (χ4v) is 3.57. The van der Waals surface area contributed by atoms with Gasteiger partial charge in [-0.05, 0) is 48.5 Å². The number of carbonyl (C=O) groups excluding carboxylic acids is 1. The van der Waals surface area contributed by atoms with Crippen molar-refractivity contribution in [1.82, 2.24) is 24.9 Å². The quantitative estimate of drug-likeness (QED) is 0.261. The molecule has 186 valence electrons. The molecular weight excluding hydrogens is 497 g/mol. The molecule has 3 N–H and O–H groups in total. The van der Waals surface area contributed by atoms with Gasteiger partial charge in [-0.1, -0.05) is 0 Å². The SMILES string of the molecule is O=C(Nc1cc(Nc2ncccc2-c2ncnc3nc[nH]c23)ccc1F)c1cc(C(F)(F)F)ccc1F. The van der Waals surface area contributed by atoms with E-state index in [4.69, 9.17) is 0 Å². The molecule has 0 bridgehead atoms. The van der Waals surface area contributed by atoms with Gasteiger partial charge in [0.2, 0.25) is 0 Å². The Bertz CT molecular complexity index is 1630. The van der Waals surface area contributed by atoms with Crippen molar-refractivity contribution in [3.05, 3.63) is 90.1 Å². The van der Waals surface area contributed by atoms with Crippen molar-refractivity contribution in [1.29, 1.82) is 0 Å². The highest BCUT2D eigenvalue weighted by molar-refractivity contribution is 6.05. The normalized spacial score (nSPS) is 11.5. The van der Waals surface area contributed by atoms with Gasteiger partial charge < -0.3 is 15.6 Å². The maximum Gasteiger partial charge on any atom is 0.416 e. The number of alkyl halides is 3. The zero-order valence-corrected chi connectivity index (χ0v) is 18.4. The van der Waals surface area contributed by atoms with Crippen molar-refractivity contribution in [3.8, 4) is 11.3 Å². The summed E-state index contributed by atoms with van der Waals surface area (Å²) < 4.78 is 67.6. The van der Waals surface area contributed by atoms with Crippen LogP contribution in [0.5, 0.6) is 0 Å². The van der Waals surface area contributed by atoms with E-state index in [1.807, 2.05) is 0 Å². The number of rotatable bonds is 5. The number of nitrogens with zero attached hydrogens (tertiary/aromatic N) is 4. The number of hydrogen-bond donors (Lipinski definition) is 3. The third-order valence-corrected chi connectivity index (χ3v) is 5.30. The molecule has 0 spiro atoms. The third kappa shape index (κ3) is 4.78. The number of pyridine rings is 1. The topological polar surface area (TPSA) is 108 Å². The number of amides is 1. The molecule has 0 atom stereocenters. The Morgan fingerprint density at radius 3 is 2.54 bits per heavy atom. The van der Waals surface area contributed by atoms with E-state index in [1.165, 1.54) is 31.0 Å². The maximum absolute atomic E-state index is 14.5. The van der Waals surface area contributed by atoms with Gasteiger partial charge in [0, 0.05) is 17.4 Å². The van der Waals surface area contributed by atoms with E-state index in [-0.39, 0.29) is 11.4 Å². The van der Waals surface area contributed by atoms with E-state index in [1.54, 1.807) is 12.1 Å². The van der Waals surface area contributed by atoms with Gasteiger partial charge in [-0.2, -0.15) is 13.2 Å². The number of aromatic nitrogens is 5. The van der Waals surface area contributed by atoms with Crippen LogP contribution in [0.2, 0.25) is 0 Å². The van der Waals surface area contributed by atoms with E-state index in [0.29, 0.717) is 46.4 Å². The molecule has 0 saturated carbocycles. The monoisotopic (exact) mass is 511 g/mol. The van der Waals surface area contributed by atoms with Gasteiger partial charge in [0.05, 0.1) is 23.1 Å². The van der Waals surface area contributed by atoms with E-state index in [0.717, 1.165) is 6.07 Å². The van der Waals surface area contributed by atoms with Crippen molar-refractivity contribution >= 4 is 34.3 Å². The van der Waals surface area contributed by atoms with Gasteiger partial charge in [-0.15, -0.1) is 0 Å². The fourth-order valence-electron chi connectivity index (χ4n) is 3.57. The van der Waals surface area contributed by atoms with Crippen LogP contribution in [0.25, 0.3) is 22.4 Å². The number of halogens is 5. The van der Waals surface area contributed by atoms with Gasteiger partial charge in [0.25, 0.3) is 5.91 Å². The van der Waals surface area contributed by atoms with Crippen LogP contribution in [0.1, 0.15) is 15.9 Å². The molecule has 0 fully saturated rings. The lowest BCUT2D eigenvalue weighted by molar-refractivity contribution is -0.137. The molecule has 1 amide bonds. The van der Waals surface area contributed by atoms with Crippen LogP contribution >= 0.6 is 0 Å². The van der Waals surface area contributed by atoms with Crippen LogP contribution in [-0.4, -0.2) is 30.8 Å². The Morgan fingerprint density at radius 2 is 1.73 bits per heavy atom. The molecular formula is C24H14F5N7O. The molecule has 0 aliphatic carbocycles. The lowest BCUT2D eigenvalue weighted by Gasteiger charge is -2.14. The first kappa shape index (κ1) is 23.8. The standard InChI is InChI=1S/C24H14F5N7O/c25-16-5-3-12(24(27,28)29)8-15(16)23(37)36-18-9-13(4-6-17(18)26)35-21-14(2-1-7-30-21)19-20-22(33-10-31-19)34-11-32-20/h1-11H,(H,30,35)(H,36,37)(H,31,32,33,34). The minimum absolute atomic E-state index is 0.274. The molecule has 8 nitrogen and oxygen atoms in total. The molecule has 0 unspecified atom stereocenters. The van der Waals surface area contributed by atoms with Crippen LogP contribution < -0.4 is 10.6 Å². The second kappa shape index (κ2) is 9.26. The van der Waals surface area contributed by atoms with Crippen molar-refractivity contribution in [2.24, 2.45) is 0 Å². The number of fused-ring (bicyclic) bond motifs is 1. The first-order valence-electron chi connectivity index (χ1n) is 10.5. The van der Waals surface area contributed by atoms with Crippen molar-refractivity contribution in [2.45, 2.75) is 6.18 Å². The second-order valence-corrected chi connectivity index (χ2v) is 7.69. The van der Waals surface area contributed by atoms with E-state index < -0.39 is 34.8 Å². The predicted molar refractivity (Wildman–Crippen MR) is 124 cm³/mol. The Labute approximate surface area is 204 Å². The number of carbonyl (C=O) groups is 1. The molecule has 0 radical (unpaired) electrons. The predicted octanol–water partition coefficient (Wildman–Crippen LogP) is 5.71. The fraction of sp³-hybridized carbons (Fsp3) is 0.0417. The summed E-state index contributed by atoms with van der Waals surface area (Å²) in [7, 11) is 0. The summed E-state index contributed by atoms with van der Waals surface area (Å²) in [5.74, 6) is -3.00. The average molecular weight is 511 g/mol. The summed E-state index contributed by atoms with van der Waals surface area (Å²) in [4.78, 5) is 32.3. The Kier molecular flexibility index (Phi) is 5.95. The lowest BCUT2D eigenvalue weighted by atomic mass is 10.1. The molecule has 0 aliphatic heterocycles. The molecule has 5 rings (SSSR count). The highest BCUT2D eigenvalue weighted by atomic mass is 19.4. The molecule has 37 heavy (non-hydrogen) atoms. The van der Waals surface area contributed by atoms with Crippen LogP contribution in [0.3, 0.4) is 0 Å². The highest BCUT2D eigenvalue weighted by Gasteiger charge is 2.32. The number of nitrogens with one attached hydrogen (secondary N) is 3.